The second-order valence-corrected chi connectivity index (χ2v) is 7.13. The first-order chi connectivity index (χ1) is 8.56. The predicted molar refractivity (Wildman–Crippen MR) is 58.4 cm³/mol. The van der Waals surface area contributed by atoms with Crippen LogP contribution in [0.3, 0.4) is 0 Å². The third kappa shape index (κ3) is 448. The first-order valence-corrected chi connectivity index (χ1v) is 9.03. The fraction of sp³-hybridized carbons (Fsp3) is 1.00. The van der Waals surface area contributed by atoms with Crippen molar-refractivity contribution in [3.05, 3.63) is 0 Å². The second kappa shape index (κ2) is 14.8. The van der Waals surface area contributed by atoms with E-state index in [0.29, 0.717) is 0 Å². The van der Waals surface area contributed by atoms with Gasteiger partial charge in [-0.3, -0.25) is 0 Å². The van der Waals surface area contributed by atoms with Gasteiger partial charge in [-0.1, -0.05) is 26.2 Å². The Morgan fingerprint density at radius 1 is 0.682 bits per heavy atom. The van der Waals surface area contributed by atoms with E-state index in [1.165, 1.54) is 0 Å². The first kappa shape index (κ1) is 34.7. The zero-order chi connectivity index (χ0) is 18.7. The molecule has 0 aromatic carbocycles. The zero-order valence-corrected chi connectivity index (χ0v) is 15.8. The van der Waals surface area contributed by atoms with Gasteiger partial charge in [-0.2, -0.15) is 29.4 Å². The molecule has 6 N–H and O–H groups in total. The number of phosphoric acid groups is 3. The van der Waals surface area contributed by atoms with Crippen molar-refractivity contribution in [2.75, 3.05) is 6.61 Å². The molecule has 0 saturated carbocycles. The van der Waals surface area contributed by atoms with E-state index in [1.54, 1.807) is 0 Å². The summed E-state index contributed by atoms with van der Waals surface area (Å²) in [6.45, 7) is 5.81. The molecule has 0 aromatic rings. The zero-order valence-electron chi connectivity index (χ0n) is 11.6. The van der Waals surface area contributed by atoms with Gasteiger partial charge in [0.1, 0.15) is 0 Å². The molecular formula is C5H17O13P3Ti. The molecule has 0 aliphatic carbocycles. The van der Waals surface area contributed by atoms with E-state index in [1.807, 2.05) is 20.8 Å². The maximum absolute atomic E-state index is 9.95. The van der Waals surface area contributed by atoms with Gasteiger partial charge in [0.25, 0.3) is 0 Å². The van der Waals surface area contributed by atoms with Crippen molar-refractivity contribution in [3.63, 3.8) is 0 Å². The molecule has 17 heteroatoms. The largest absolute Gasteiger partial charge is 4.00 e. The van der Waals surface area contributed by atoms with Crippen molar-refractivity contribution in [1.29, 1.82) is 0 Å². The van der Waals surface area contributed by atoms with Crippen molar-refractivity contribution in [2.45, 2.75) is 20.8 Å². The van der Waals surface area contributed by atoms with E-state index >= 15 is 0 Å². The minimum Gasteiger partial charge on any atom is -0.854 e. The predicted octanol–water partition coefficient (Wildman–Crippen LogP) is -7.50. The summed E-state index contributed by atoms with van der Waals surface area (Å²) in [5.41, 5.74) is -0.0139. The Balaban J connectivity index is -0.0000000577. The molecule has 134 valence electrons. The van der Waals surface area contributed by atoms with Crippen LogP contribution in [0.25, 0.3) is 0 Å². The molecule has 0 radical (unpaired) electrons. The molecule has 0 aliphatic heterocycles. The van der Waals surface area contributed by atoms with Crippen LogP contribution >= 0.6 is 24.5 Å². The SMILES string of the molecule is CC(C)(C)C[O-].[O-][P+](O)(O)O.[O-][P+](O)(O)O.[O-][P+]([O-])([O-])[O-].[Ti+4]. The maximum Gasteiger partial charge on any atom is 4.00 e. The summed E-state index contributed by atoms with van der Waals surface area (Å²) in [7, 11) is -14.7. The quantitative estimate of drug-likeness (QED) is 0.155. The fourth-order valence-corrected chi connectivity index (χ4v) is 0. The summed E-state index contributed by atoms with van der Waals surface area (Å²) in [4.78, 5) is 95.1. The molecule has 0 aromatic heterocycles. The average Bonchev–Trinajstić information content (AvgIpc) is 1.91. The molecule has 13 nitrogen and oxygen atoms in total. The summed E-state index contributed by atoms with van der Waals surface area (Å²) < 4.78 is 0. The van der Waals surface area contributed by atoms with Crippen molar-refractivity contribution in [3.8, 4) is 0 Å². The Hall–Kier alpha value is 1.48. The number of hydrogen-bond acceptors (Lipinski definition) is 13. The molecule has 22 heavy (non-hydrogen) atoms. The first-order valence-electron chi connectivity index (χ1n) is 4.44. The van der Waals surface area contributed by atoms with Gasteiger partial charge in [-0.05, 0) is 0 Å². The Bertz CT molecular complexity index is 181. The fourth-order valence-electron chi connectivity index (χ4n) is 0. The second-order valence-electron chi connectivity index (χ2n) is 4.18. The van der Waals surface area contributed by atoms with Crippen LogP contribution in [0.15, 0.2) is 0 Å². The molecule has 0 rings (SSSR count). The van der Waals surface area contributed by atoms with E-state index in [9.17, 15) is 5.11 Å². The Labute approximate surface area is 143 Å². The standard InChI is InChI=1S/C5H11O.3H3O4P.Ti/c1-5(2,3)4-6;3*1-5(2,3)4;/h4H2,1-3H3;3*(H3,1,2,3,4);/q-1;;;;+4/p-3. The van der Waals surface area contributed by atoms with Gasteiger partial charge >= 0.3 is 38.1 Å². The topological polar surface area (TPSA) is 283 Å². The van der Waals surface area contributed by atoms with Gasteiger partial charge in [0.2, 0.25) is 0 Å². The smallest absolute Gasteiger partial charge is 0.854 e. The van der Waals surface area contributed by atoms with Crippen LogP contribution in [0.1, 0.15) is 20.8 Å². The van der Waals surface area contributed by atoms with Crippen LogP contribution in [-0.4, -0.2) is 36.0 Å². The summed E-state index contributed by atoms with van der Waals surface area (Å²) in [6, 6.07) is 0. The van der Waals surface area contributed by atoms with E-state index in [-0.39, 0.29) is 33.7 Å². The molecule has 0 amide bonds. The third-order valence-electron chi connectivity index (χ3n) is 0.433. The molecule has 0 atom stereocenters. The van der Waals surface area contributed by atoms with Crippen LogP contribution < -0.4 is 34.5 Å². The normalized spacial score (nSPS) is 11.5. The van der Waals surface area contributed by atoms with Crippen LogP contribution in [0.5, 0.6) is 0 Å². The van der Waals surface area contributed by atoms with E-state index in [0.717, 1.165) is 0 Å². The summed E-state index contributed by atoms with van der Waals surface area (Å²) in [5, 5.41) is 9.95. The number of hydrogen-bond donors (Lipinski definition) is 6. The molecule has 0 aliphatic rings. The van der Waals surface area contributed by atoms with Crippen LogP contribution in [0.2, 0.25) is 0 Å². The molecule has 0 fully saturated rings. The Morgan fingerprint density at radius 3 is 0.727 bits per heavy atom. The molecular weight excluding hydrogens is 409 g/mol. The monoisotopic (exact) mass is 426 g/mol. The summed E-state index contributed by atoms with van der Waals surface area (Å²) >= 11 is 0. The molecule has 0 spiro atoms. The Kier molecular flexibility index (Phi) is 23.4. The molecule has 0 heterocycles. The minimum atomic E-state index is -5.39. The van der Waals surface area contributed by atoms with Gasteiger partial charge in [0.05, 0.1) is 0 Å². The van der Waals surface area contributed by atoms with E-state index < -0.39 is 24.5 Å². The molecule has 0 saturated heterocycles. The van der Waals surface area contributed by atoms with Crippen LogP contribution in [0, 0.1) is 5.41 Å². The molecule has 0 unspecified atom stereocenters. The maximum atomic E-state index is 9.95. The van der Waals surface area contributed by atoms with Crippen molar-refractivity contribution in [1.82, 2.24) is 0 Å². The molecule has 0 bridgehead atoms. The van der Waals surface area contributed by atoms with Gasteiger partial charge in [0, 0.05) is 0 Å². The van der Waals surface area contributed by atoms with Gasteiger partial charge in [-0.25, -0.2) is 8.17 Å². The summed E-state index contributed by atoms with van der Waals surface area (Å²) in [6.07, 6.45) is 0. The van der Waals surface area contributed by atoms with E-state index in [4.69, 9.17) is 58.7 Å². The van der Waals surface area contributed by atoms with Gasteiger partial charge in [0.15, 0.2) is 0 Å². The van der Waals surface area contributed by atoms with Gasteiger partial charge in [-0.15, -0.1) is 6.61 Å². The summed E-state index contributed by atoms with van der Waals surface area (Å²) in [5.74, 6) is 0. The average molecular weight is 426 g/mol. The van der Waals surface area contributed by atoms with E-state index in [2.05, 4.69) is 0 Å². The van der Waals surface area contributed by atoms with Crippen LogP contribution in [-0.2, 0) is 21.7 Å². The van der Waals surface area contributed by atoms with Crippen molar-refractivity contribution in [2.24, 2.45) is 5.41 Å². The minimum absolute atomic E-state index is 0. The number of rotatable bonds is 0. The Morgan fingerprint density at radius 2 is 0.727 bits per heavy atom. The van der Waals surface area contributed by atoms with Crippen LogP contribution in [0.4, 0.5) is 0 Å². The van der Waals surface area contributed by atoms with Crippen molar-refractivity contribution >= 4 is 24.5 Å². The van der Waals surface area contributed by atoms with Gasteiger partial charge < -0.3 is 34.5 Å². The van der Waals surface area contributed by atoms with Crippen molar-refractivity contribution < 1.29 is 85.5 Å². The third-order valence-corrected chi connectivity index (χ3v) is 0.433.